The number of hydrogen-bond donors (Lipinski definition) is 1. The Morgan fingerprint density at radius 1 is 1.35 bits per heavy atom. The summed E-state index contributed by atoms with van der Waals surface area (Å²) in [5.41, 5.74) is -1.09. The van der Waals surface area contributed by atoms with Crippen molar-refractivity contribution >= 4 is 37.8 Å². The molecular weight excluding hydrogens is 352 g/mol. The molecule has 0 fully saturated rings. The standard InChI is InChI=1S/C12H22Br2O3/c1-6-17-10(15)8(12(4,5)16)7-9(13)11(2,3)14/h8-9,16H,6-7H2,1-5H3. The second-order valence-electron chi connectivity index (χ2n) is 5.23. The number of halogens is 2. The van der Waals surface area contributed by atoms with Gasteiger partial charge in [0.1, 0.15) is 0 Å². The third kappa shape index (κ3) is 6.20. The number of ether oxygens (including phenoxy) is 1. The molecule has 0 bridgehead atoms. The molecule has 0 radical (unpaired) electrons. The van der Waals surface area contributed by atoms with Gasteiger partial charge in [0.2, 0.25) is 0 Å². The van der Waals surface area contributed by atoms with Crippen molar-refractivity contribution < 1.29 is 14.6 Å². The minimum atomic E-state index is -1.09. The number of carbonyl (C=O) groups excluding carboxylic acids is 1. The second-order valence-corrected chi connectivity index (χ2v) is 8.38. The van der Waals surface area contributed by atoms with Gasteiger partial charge in [0.05, 0.1) is 18.1 Å². The number of hydrogen-bond acceptors (Lipinski definition) is 3. The van der Waals surface area contributed by atoms with Crippen molar-refractivity contribution in [1.82, 2.24) is 0 Å². The van der Waals surface area contributed by atoms with E-state index in [4.69, 9.17) is 4.74 Å². The molecule has 0 aromatic heterocycles. The van der Waals surface area contributed by atoms with E-state index in [1.165, 1.54) is 0 Å². The van der Waals surface area contributed by atoms with Gasteiger partial charge in [-0.25, -0.2) is 0 Å². The van der Waals surface area contributed by atoms with Gasteiger partial charge in [-0.2, -0.15) is 0 Å². The van der Waals surface area contributed by atoms with Gasteiger partial charge in [-0.05, 0) is 41.0 Å². The fourth-order valence-corrected chi connectivity index (χ4v) is 1.96. The van der Waals surface area contributed by atoms with E-state index in [9.17, 15) is 9.90 Å². The maximum absolute atomic E-state index is 11.8. The molecule has 0 amide bonds. The van der Waals surface area contributed by atoms with Gasteiger partial charge in [-0.1, -0.05) is 31.9 Å². The molecule has 0 aromatic rings. The van der Waals surface area contributed by atoms with E-state index < -0.39 is 11.5 Å². The molecule has 2 unspecified atom stereocenters. The van der Waals surface area contributed by atoms with Crippen molar-refractivity contribution in [1.29, 1.82) is 0 Å². The van der Waals surface area contributed by atoms with E-state index in [1.54, 1.807) is 20.8 Å². The fourth-order valence-electron chi connectivity index (χ4n) is 1.40. The van der Waals surface area contributed by atoms with Crippen LogP contribution in [0.15, 0.2) is 0 Å². The van der Waals surface area contributed by atoms with E-state index in [-0.39, 0.29) is 15.1 Å². The third-order valence-corrected chi connectivity index (χ3v) is 5.30. The van der Waals surface area contributed by atoms with Crippen LogP contribution >= 0.6 is 31.9 Å². The molecule has 0 aliphatic rings. The highest BCUT2D eigenvalue weighted by Gasteiger charge is 2.38. The molecule has 17 heavy (non-hydrogen) atoms. The van der Waals surface area contributed by atoms with Crippen molar-refractivity contribution in [2.24, 2.45) is 5.92 Å². The van der Waals surface area contributed by atoms with Gasteiger partial charge in [0.25, 0.3) is 0 Å². The van der Waals surface area contributed by atoms with Gasteiger partial charge in [-0.3, -0.25) is 4.79 Å². The highest BCUT2D eigenvalue weighted by atomic mass is 79.9. The lowest BCUT2D eigenvalue weighted by molar-refractivity contribution is -0.156. The molecule has 1 N–H and O–H groups in total. The lowest BCUT2D eigenvalue weighted by Gasteiger charge is -2.32. The molecule has 0 rings (SSSR count). The van der Waals surface area contributed by atoms with Crippen LogP contribution in [-0.4, -0.2) is 32.4 Å². The highest BCUT2D eigenvalue weighted by molar-refractivity contribution is 9.12. The van der Waals surface area contributed by atoms with E-state index in [0.29, 0.717) is 13.0 Å². The molecule has 0 spiro atoms. The number of rotatable bonds is 6. The first-order valence-corrected chi connectivity index (χ1v) is 7.43. The number of esters is 1. The first-order chi connectivity index (χ1) is 7.50. The van der Waals surface area contributed by atoms with Gasteiger partial charge in [0, 0.05) is 9.15 Å². The van der Waals surface area contributed by atoms with Crippen LogP contribution in [-0.2, 0) is 9.53 Å². The molecule has 5 heteroatoms. The molecule has 0 heterocycles. The summed E-state index contributed by atoms with van der Waals surface area (Å²) in [4.78, 5) is 11.9. The molecule has 0 aliphatic carbocycles. The van der Waals surface area contributed by atoms with E-state index >= 15 is 0 Å². The van der Waals surface area contributed by atoms with Gasteiger partial charge < -0.3 is 9.84 Å². The van der Waals surface area contributed by atoms with Crippen LogP contribution in [0.1, 0.15) is 41.0 Å². The lowest BCUT2D eigenvalue weighted by Crippen LogP contribution is -2.41. The van der Waals surface area contributed by atoms with Crippen LogP contribution in [0.5, 0.6) is 0 Å². The Hall–Kier alpha value is 0.390. The summed E-state index contributed by atoms with van der Waals surface area (Å²) in [6.45, 7) is 9.39. The van der Waals surface area contributed by atoms with Crippen LogP contribution in [0.4, 0.5) is 0 Å². The van der Waals surface area contributed by atoms with Crippen LogP contribution in [0.25, 0.3) is 0 Å². The average Bonchev–Trinajstić information content (AvgIpc) is 2.10. The molecule has 0 saturated carbocycles. The van der Waals surface area contributed by atoms with Gasteiger partial charge in [0.15, 0.2) is 0 Å². The number of aliphatic hydroxyl groups is 1. The van der Waals surface area contributed by atoms with Crippen molar-refractivity contribution in [3.8, 4) is 0 Å². The predicted molar refractivity (Wildman–Crippen MR) is 76.8 cm³/mol. The maximum Gasteiger partial charge on any atom is 0.311 e. The van der Waals surface area contributed by atoms with Crippen molar-refractivity contribution in [2.75, 3.05) is 6.61 Å². The van der Waals surface area contributed by atoms with Crippen LogP contribution < -0.4 is 0 Å². The number of carbonyl (C=O) groups is 1. The Morgan fingerprint density at radius 2 is 1.82 bits per heavy atom. The summed E-state index contributed by atoms with van der Waals surface area (Å²) in [6.07, 6.45) is 0.514. The summed E-state index contributed by atoms with van der Waals surface area (Å²) in [5.74, 6) is -0.884. The Morgan fingerprint density at radius 3 is 2.12 bits per heavy atom. The molecule has 2 atom stereocenters. The zero-order chi connectivity index (χ0) is 13.9. The Bertz CT molecular complexity index is 253. The van der Waals surface area contributed by atoms with E-state index in [1.807, 2.05) is 13.8 Å². The lowest BCUT2D eigenvalue weighted by atomic mass is 9.85. The van der Waals surface area contributed by atoms with Crippen molar-refractivity contribution in [3.63, 3.8) is 0 Å². The van der Waals surface area contributed by atoms with Crippen molar-refractivity contribution in [2.45, 2.75) is 55.8 Å². The Labute approximate surface area is 121 Å². The van der Waals surface area contributed by atoms with E-state index in [2.05, 4.69) is 31.9 Å². The fraction of sp³-hybridized carbons (Fsp3) is 0.917. The molecule has 0 aliphatic heterocycles. The van der Waals surface area contributed by atoms with Crippen molar-refractivity contribution in [3.05, 3.63) is 0 Å². The van der Waals surface area contributed by atoms with E-state index in [0.717, 1.165) is 0 Å². The first kappa shape index (κ1) is 17.4. The van der Waals surface area contributed by atoms with Crippen LogP contribution in [0, 0.1) is 5.92 Å². The largest absolute Gasteiger partial charge is 0.466 e. The summed E-state index contributed by atoms with van der Waals surface area (Å²) in [5, 5.41) is 10.1. The van der Waals surface area contributed by atoms with Crippen LogP contribution in [0.2, 0.25) is 0 Å². The molecule has 3 nitrogen and oxygen atoms in total. The Kier molecular flexibility index (Phi) is 6.68. The quantitative estimate of drug-likeness (QED) is 0.574. The molecule has 0 saturated heterocycles. The first-order valence-electron chi connectivity index (χ1n) is 5.72. The molecular formula is C12H22Br2O3. The summed E-state index contributed by atoms with van der Waals surface area (Å²) in [6, 6.07) is 0. The summed E-state index contributed by atoms with van der Waals surface area (Å²) in [7, 11) is 0. The Balaban J connectivity index is 4.79. The highest BCUT2D eigenvalue weighted by Crippen LogP contribution is 2.35. The van der Waals surface area contributed by atoms with Gasteiger partial charge in [-0.15, -0.1) is 0 Å². The average molecular weight is 374 g/mol. The minimum Gasteiger partial charge on any atom is -0.466 e. The molecule has 102 valence electrons. The SMILES string of the molecule is CCOC(=O)C(CC(Br)C(C)(C)Br)C(C)(C)O. The third-order valence-electron chi connectivity index (χ3n) is 2.61. The maximum atomic E-state index is 11.8. The zero-order valence-corrected chi connectivity index (χ0v) is 14.3. The second kappa shape index (κ2) is 6.53. The summed E-state index contributed by atoms with van der Waals surface area (Å²) < 4.78 is 4.86. The monoisotopic (exact) mass is 372 g/mol. The smallest absolute Gasteiger partial charge is 0.311 e. The van der Waals surface area contributed by atoms with Crippen LogP contribution in [0.3, 0.4) is 0 Å². The topological polar surface area (TPSA) is 46.5 Å². The summed E-state index contributed by atoms with van der Waals surface area (Å²) >= 11 is 7.09. The zero-order valence-electron chi connectivity index (χ0n) is 11.1. The predicted octanol–water partition coefficient (Wildman–Crippen LogP) is 3.26. The number of alkyl halides is 2. The van der Waals surface area contributed by atoms with Gasteiger partial charge >= 0.3 is 5.97 Å². The normalized spacial score (nSPS) is 16.5. The minimum absolute atomic E-state index is 0.0656. The molecule has 0 aromatic carbocycles.